The molecule has 10 heteroatoms. The maximum atomic E-state index is 11.8. The second-order valence-corrected chi connectivity index (χ2v) is 8.98. The smallest absolute Gasteiger partial charge is 0.494 e. The van der Waals surface area contributed by atoms with E-state index in [9.17, 15) is 13.2 Å². The molecule has 0 saturated heterocycles. The summed E-state index contributed by atoms with van der Waals surface area (Å²) in [4.78, 5) is 11.7. The standard InChI is InChI=1S/C22H26N2O7S/c1-15-7-9-17(10-8-15)30-32(26,27)31-23-11-5-6-12-28-18-13-16(2)20-19(14-18)22(3,4)29-21(25)24-20/h7-11,13-14H,5-6,12H2,1-4H3,(H,24,25). The molecule has 0 saturated carbocycles. The van der Waals surface area contributed by atoms with Crippen molar-refractivity contribution in [3.8, 4) is 11.5 Å². The van der Waals surface area contributed by atoms with Gasteiger partial charge >= 0.3 is 16.5 Å². The summed E-state index contributed by atoms with van der Waals surface area (Å²) in [5.74, 6) is 0.795. The number of nitrogens with zero attached hydrogens (tertiary/aromatic N) is 1. The normalized spacial score (nSPS) is 14.9. The van der Waals surface area contributed by atoms with Crippen LogP contribution < -0.4 is 14.2 Å². The Morgan fingerprint density at radius 2 is 1.84 bits per heavy atom. The summed E-state index contributed by atoms with van der Waals surface area (Å²) in [5.41, 5.74) is 2.65. The number of aryl methyl sites for hydroxylation is 2. The monoisotopic (exact) mass is 462 g/mol. The lowest BCUT2D eigenvalue weighted by Crippen LogP contribution is -2.35. The molecule has 0 atom stereocenters. The van der Waals surface area contributed by atoms with Crippen LogP contribution in [0.15, 0.2) is 41.6 Å². The van der Waals surface area contributed by atoms with E-state index >= 15 is 0 Å². The van der Waals surface area contributed by atoms with E-state index in [1.807, 2.05) is 39.8 Å². The van der Waals surface area contributed by atoms with Crippen LogP contribution in [0.5, 0.6) is 11.5 Å². The highest BCUT2D eigenvalue weighted by atomic mass is 32.3. The summed E-state index contributed by atoms with van der Waals surface area (Å²) >= 11 is 0. The van der Waals surface area contributed by atoms with E-state index in [4.69, 9.17) is 13.7 Å². The van der Waals surface area contributed by atoms with E-state index in [0.29, 0.717) is 25.2 Å². The zero-order chi connectivity index (χ0) is 23.4. The fourth-order valence-electron chi connectivity index (χ4n) is 3.12. The number of oxime groups is 1. The summed E-state index contributed by atoms with van der Waals surface area (Å²) in [5, 5.41) is 6.17. The van der Waals surface area contributed by atoms with Gasteiger partial charge in [0.1, 0.15) is 17.1 Å². The molecule has 2 aromatic rings. The quantitative estimate of drug-likeness (QED) is 0.329. The van der Waals surface area contributed by atoms with Crippen molar-refractivity contribution in [1.29, 1.82) is 0 Å². The number of ether oxygens (including phenoxy) is 2. The topological polar surface area (TPSA) is 113 Å². The van der Waals surface area contributed by atoms with Crippen molar-refractivity contribution in [3.63, 3.8) is 0 Å². The van der Waals surface area contributed by atoms with Crippen molar-refractivity contribution < 1.29 is 31.2 Å². The number of anilines is 1. The molecule has 172 valence electrons. The zero-order valence-corrected chi connectivity index (χ0v) is 19.2. The molecule has 1 aliphatic rings. The van der Waals surface area contributed by atoms with Gasteiger partial charge in [-0.1, -0.05) is 22.9 Å². The molecule has 0 spiro atoms. The van der Waals surface area contributed by atoms with Crippen molar-refractivity contribution >= 4 is 28.4 Å². The van der Waals surface area contributed by atoms with E-state index in [1.165, 1.54) is 18.3 Å². The van der Waals surface area contributed by atoms with Gasteiger partial charge in [0.2, 0.25) is 0 Å². The Labute approximate surface area is 187 Å². The fraction of sp³-hybridized carbons (Fsp3) is 0.364. The van der Waals surface area contributed by atoms with Crippen LogP contribution in [0.4, 0.5) is 10.5 Å². The minimum absolute atomic E-state index is 0.146. The predicted octanol–water partition coefficient (Wildman–Crippen LogP) is 4.59. The highest BCUT2D eigenvalue weighted by Gasteiger charge is 2.34. The molecule has 0 aliphatic carbocycles. The number of hydrogen-bond acceptors (Lipinski definition) is 8. The van der Waals surface area contributed by atoms with Crippen molar-refractivity contribution in [3.05, 3.63) is 53.1 Å². The number of fused-ring (bicyclic) bond motifs is 1. The first-order valence-corrected chi connectivity index (χ1v) is 11.4. The predicted molar refractivity (Wildman–Crippen MR) is 119 cm³/mol. The van der Waals surface area contributed by atoms with Crippen LogP contribution in [-0.4, -0.2) is 27.3 Å². The number of unbranched alkanes of at least 4 members (excludes halogenated alkanes) is 1. The lowest BCUT2D eigenvalue weighted by molar-refractivity contribution is 0.0417. The average molecular weight is 463 g/mol. The third kappa shape index (κ3) is 6.13. The third-order valence-electron chi connectivity index (χ3n) is 4.71. The molecule has 2 aromatic carbocycles. The molecular weight excluding hydrogens is 436 g/mol. The van der Waals surface area contributed by atoms with Crippen molar-refractivity contribution in [1.82, 2.24) is 0 Å². The Morgan fingerprint density at radius 3 is 2.56 bits per heavy atom. The molecule has 9 nitrogen and oxygen atoms in total. The van der Waals surface area contributed by atoms with Crippen LogP contribution in [0.3, 0.4) is 0 Å². The van der Waals surface area contributed by atoms with E-state index < -0.39 is 22.1 Å². The van der Waals surface area contributed by atoms with Gasteiger partial charge in [0.05, 0.1) is 12.3 Å². The number of carbonyl (C=O) groups excluding carboxylic acids is 1. The van der Waals surface area contributed by atoms with Gasteiger partial charge in [0.15, 0.2) is 0 Å². The van der Waals surface area contributed by atoms with Crippen molar-refractivity contribution in [2.24, 2.45) is 5.16 Å². The Morgan fingerprint density at radius 1 is 1.12 bits per heavy atom. The van der Waals surface area contributed by atoms with Crippen LogP contribution in [0.1, 0.15) is 43.4 Å². The molecule has 0 unspecified atom stereocenters. The lowest BCUT2D eigenvalue weighted by Gasteiger charge is -2.33. The second-order valence-electron chi connectivity index (χ2n) is 7.85. The SMILES string of the molecule is Cc1ccc(OS(=O)(=O)ON=CCCCOc2cc(C)c3c(c2)C(C)(C)OC(=O)N3)cc1. The van der Waals surface area contributed by atoms with Gasteiger partial charge in [-0.2, -0.15) is 0 Å². The summed E-state index contributed by atoms with van der Waals surface area (Å²) in [7, 11) is -4.28. The zero-order valence-electron chi connectivity index (χ0n) is 18.4. The van der Waals surface area contributed by atoms with Gasteiger partial charge in [0.25, 0.3) is 0 Å². The molecule has 0 fully saturated rings. The highest BCUT2D eigenvalue weighted by molar-refractivity contribution is 7.82. The maximum Gasteiger partial charge on any atom is 0.521 e. The summed E-state index contributed by atoms with van der Waals surface area (Å²) in [6.07, 6.45) is 1.88. The molecule has 1 aliphatic heterocycles. The molecule has 1 N–H and O–H groups in total. The van der Waals surface area contributed by atoms with Gasteiger partial charge in [0, 0.05) is 11.8 Å². The minimum Gasteiger partial charge on any atom is -0.494 e. The van der Waals surface area contributed by atoms with Crippen molar-refractivity contribution in [2.75, 3.05) is 11.9 Å². The van der Waals surface area contributed by atoms with Crippen LogP contribution in [0.25, 0.3) is 0 Å². The van der Waals surface area contributed by atoms with Crippen LogP contribution in [-0.2, 0) is 25.0 Å². The van der Waals surface area contributed by atoms with Crippen LogP contribution >= 0.6 is 0 Å². The molecule has 32 heavy (non-hydrogen) atoms. The molecular formula is C22H26N2O7S. The number of cyclic esters (lactones) is 1. The van der Waals surface area contributed by atoms with E-state index in [2.05, 4.69) is 14.8 Å². The number of rotatable bonds is 9. The molecule has 0 aromatic heterocycles. The minimum atomic E-state index is -4.28. The van der Waals surface area contributed by atoms with Crippen LogP contribution in [0, 0.1) is 13.8 Å². The Kier molecular flexibility index (Phi) is 6.93. The van der Waals surface area contributed by atoms with Gasteiger partial charge in [-0.25, -0.2) is 9.08 Å². The summed E-state index contributed by atoms with van der Waals surface area (Å²) in [6.45, 7) is 7.78. The van der Waals surface area contributed by atoms with E-state index in [-0.39, 0.29) is 5.75 Å². The molecule has 0 radical (unpaired) electrons. The Hall–Kier alpha value is -3.27. The van der Waals surface area contributed by atoms with Crippen LogP contribution in [0.2, 0.25) is 0 Å². The maximum absolute atomic E-state index is 11.8. The third-order valence-corrected chi connectivity index (χ3v) is 5.37. The first kappa shape index (κ1) is 23.4. The number of nitrogens with one attached hydrogen (secondary N) is 1. The van der Waals surface area contributed by atoms with Gasteiger partial charge in [-0.3, -0.25) is 5.32 Å². The highest BCUT2D eigenvalue weighted by Crippen LogP contribution is 2.39. The lowest BCUT2D eigenvalue weighted by atomic mass is 9.92. The number of amides is 1. The summed E-state index contributed by atoms with van der Waals surface area (Å²) in [6, 6.07) is 10.2. The van der Waals surface area contributed by atoms with Gasteiger partial charge in [-0.15, -0.1) is 8.42 Å². The summed E-state index contributed by atoms with van der Waals surface area (Å²) < 4.78 is 43.9. The molecule has 1 amide bonds. The average Bonchev–Trinajstić information content (AvgIpc) is 2.69. The van der Waals surface area contributed by atoms with E-state index in [1.54, 1.807) is 12.1 Å². The number of benzene rings is 2. The van der Waals surface area contributed by atoms with Crippen molar-refractivity contribution in [2.45, 2.75) is 46.1 Å². The number of hydrogen-bond donors (Lipinski definition) is 1. The van der Waals surface area contributed by atoms with E-state index in [0.717, 1.165) is 22.4 Å². The fourth-order valence-corrected chi connectivity index (χ4v) is 3.66. The Bertz CT molecular complexity index is 1110. The molecule has 0 bridgehead atoms. The molecule has 3 rings (SSSR count). The first-order valence-electron chi connectivity index (χ1n) is 10.1. The molecule has 1 heterocycles. The largest absolute Gasteiger partial charge is 0.521 e. The van der Waals surface area contributed by atoms with Gasteiger partial charge < -0.3 is 13.7 Å². The number of carbonyl (C=O) groups is 1. The van der Waals surface area contributed by atoms with Gasteiger partial charge in [-0.05, 0) is 70.4 Å². The first-order chi connectivity index (χ1) is 15.1. The second kappa shape index (κ2) is 9.47. The Balaban J connectivity index is 1.46.